The molecule has 0 amide bonds. The minimum atomic E-state index is 0.544. The van der Waals surface area contributed by atoms with E-state index in [1.807, 2.05) is 32.0 Å². The zero-order chi connectivity index (χ0) is 12.8. The molecule has 5 heteroatoms. The van der Waals surface area contributed by atoms with Crippen LogP contribution in [0.25, 0.3) is 0 Å². The van der Waals surface area contributed by atoms with Crippen LogP contribution in [0.2, 0.25) is 0 Å². The fourth-order valence-electron chi connectivity index (χ4n) is 1.57. The van der Waals surface area contributed by atoms with Crippen LogP contribution in [-0.2, 0) is 13.0 Å². The maximum atomic E-state index is 5.52. The van der Waals surface area contributed by atoms with E-state index >= 15 is 0 Å². The van der Waals surface area contributed by atoms with Crippen molar-refractivity contribution in [1.29, 1.82) is 0 Å². The van der Waals surface area contributed by atoms with Crippen LogP contribution in [0.1, 0.15) is 25.5 Å². The van der Waals surface area contributed by atoms with E-state index in [1.165, 1.54) is 0 Å². The quantitative estimate of drug-likeness (QED) is 0.820. The number of aromatic nitrogens is 2. The molecule has 0 saturated carbocycles. The molecule has 2 rings (SSSR count). The predicted octanol–water partition coefficient (Wildman–Crippen LogP) is 2.68. The van der Waals surface area contributed by atoms with Gasteiger partial charge in [0.25, 0.3) is 0 Å². The highest BCUT2D eigenvalue weighted by atomic mass is 16.4. The summed E-state index contributed by atoms with van der Waals surface area (Å²) in [4.78, 5) is 8.60. The number of oxazole rings is 1. The molecule has 0 unspecified atom stereocenters. The maximum Gasteiger partial charge on any atom is 0.213 e. The van der Waals surface area contributed by atoms with Gasteiger partial charge in [-0.25, -0.2) is 9.97 Å². The van der Waals surface area contributed by atoms with E-state index in [9.17, 15) is 0 Å². The third-order valence-electron chi connectivity index (χ3n) is 2.48. The highest BCUT2D eigenvalue weighted by molar-refractivity contribution is 5.44. The smallest absolute Gasteiger partial charge is 0.213 e. The highest BCUT2D eigenvalue weighted by Gasteiger charge is 2.02. The van der Waals surface area contributed by atoms with Gasteiger partial charge in [-0.1, -0.05) is 13.0 Å². The first kappa shape index (κ1) is 12.4. The van der Waals surface area contributed by atoms with Crippen LogP contribution in [0.3, 0.4) is 0 Å². The summed E-state index contributed by atoms with van der Waals surface area (Å²) >= 11 is 0. The third kappa shape index (κ3) is 3.23. The maximum absolute atomic E-state index is 5.52. The zero-order valence-electron chi connectivity index (χ0n) is 10.7. The molecule has 2 N–H and O–H groups in total. The predicted molar refractivity (Wildman–Crippen MR) is 71.6 cm³/mol. The SMILES string of the molecule is CCNc1cccc(NCc2ncc(CC)o2)n1. The van der Waals surface area contributed by atoms with E-state index in [-0.39, 0.29) is 0 Å². The number of nitrogens with zero attached hydrogens (tertiary/aromatic N) is 2. The second kappa shape index (κ2) is 6.05. The average Bonchev–Trinajstić information content (AvgIpc) is 2.85. The summed E-state index contributed by atoms with van der Waals surface area (Å²) in [5.74, 6) is 3.26. The molecule has 0 aliphatic heterocycles. The Labute approximate surface area is 107 Å². The Morgan fingerprint density at radius 2 is 1.94 bits per heavy atom. The molecule has 0 atom stereocenters. The zero-order valence-corrected chi connectivity index (χ0v) is 10.7. The number of pyridine rings is 1. The van der Waals surface area contributed by atoms with Gasteiger partial charge in [0, 0.05) is 13.0 Å². The number of anilines is 2. The summed E-state index contributed by atoms with van der Waals surface area (Å²) in [5, 5.41) is 6.36. The van der Waals surface area contributed by atoms with Gasteiger partial charge >= 0.3 is 0 Å². The Morgan fingerprint density at radius 1 is 1.17 bits per heavy atom. The number of nitrogens with one attached hydrogen (secondary N) is 2. The summed E-state index contributed by atoms with van der Waals surface area (Å²) in [5.41, 5.74) is 0. The van der Waals surface area contributed by atoms with Crippen LogP contribution in [0.5, 0.6) is 0 Å². The molecule has 0 saturated heterocycles. The monoisotopic (exact) mass is 246 g/mol. The summed E-state index contributed by atoms with van der Waals surface area (Å²) in [7, 11) is 0. The van der Waals surface area contributed by atoms with Crippen LogP contribution >= 0.6 is 0 Å². The average molecular weight is 246 g/mol. The van der Waals surface area contributed by atoms with Crippen LogP contribution in [0.15, 0.2) is 28.8 Å². The Bertz CT molecular complexity index is 495. The van der Waals surface area contributed by atoms with Crippen LogP contribution in [-0.4, -0.2) is 16.5 Å². The molecule has 18 heavy (non-hydrogen) atoms. The molecule has 0 aliphatic rings. The molecule has 0 spiro atoms. The fourth-order valence-corrected chi connectivity index (χ4v) is 1.57. The van der Waals surface area contributed by atoms with E-state index in [4.69, 9.17) is 4.42 Å². The largest absolute Gasteiger partial charge is 0.444 e. The number of hydrogen-bond donors (Lipinski definition) is 2. The van der Waals surface area contributed by atoms with E-state index in [0.717, 1.165) is 30.4 Å². The van der Waals surface area contributed by atoms with Gasteiger partial charge in [0.1, 0.15) is 17.4 Å². The first-order chi connectivity index (χ1) is 8.81. The summed E-state index contributed by atoms with van der Waals surface area (Å²) < 4.78 is 5.52. The standard InChI is InChI=1S/C13H18N4O/c1-3-10-8-16-13(18-10)9-15-12-7-5-6-11(17-12)14-4-2/h5-8H,3-4,9H2,1-2H3,(H2,14,15,17). The number of hydrogen-bond acceptors (Lipinski definition) is 5. The normalized spacial score (nSPS) is 10.3. The van der Waals surface area contributed by atoms with Gasteiger partial charge in [-0.05, 0) is 19.1 Å². The highest BCUT2D eigenvalue weighted by Crippen LogP contribution is 2.11. The Balaban J connectivity index is 1.94. The first-order valence-electron chi connectivity index (χ1n) is 6.20. The minimum Gasteiger partial charge on any atom is -0.444 e. The van der Waals surface area contributed by atoms with Crippen molar-refractivity contribution in [3.63, 3.8) is 0 Å². The van der Waals surface area contributed by atoms with Crippen molar-refractivity contribution in [3.05, 3.63) is 36.0 Å². The van der Waals surface area contributed by atoms with Crippen molar-refractivity contribution < 1.29 is 4.42 Å². The molecule has 0 fully saturated rings. The van der Waals surface area contributed by atoms with Gasteiger partial charge in [-0.3, -0.25) is 0 Å². The van der Waals surface area contributed by atoms with Gasteiger partial charge in [0.15, 0.2) is 0 Å². The lowest BCUT2D eigenvalue weighted by Gasteiger charge is -2.06. The first-order valence-corrected chi connectivity index (χ1v) is 6.20. The van der Waals surface area contributed by atoms with Crippen LogP contribution in [0, 0.1) is 0 Å². The fraction of sp³-hybridized carbons (Fsp3) is 0.385. The molecule has 0 bridgehead atoms. The van der Waals surface area contributed by atoms with E-state index < -0.39 is 0 Å². The van der Waals surface area contributed by atoms with Gasteiger partial charge in [0.2, 0.25) is 5.89 Å². The summed E-state index contributed by atoms with van der Waals surface area (Å²) in [6, 6.07) is 5.82. The van der Waals surface area contributed by atoms with Crippen molar-refractivity contribution in [2.45, 2.75) is 26.8 Å². The van der Waals surface area contributed by atoms with E-state index in [1.54, 1.807) is 6.20 Å². The molecule has 0 aromatic carbocycles. The lowest BCUT2D eigenvalue weighted by Crippen LogP contribution is -2.04. The Hall–Kier alpha value is -2.04. The van der Waals surface area contributed by atoms with Crippen LogP contribution in [0.4, 0.5) is 11.6 Å². The molecule has 0 radical (unpaired) electrons. The van der Waals surface area contributed by atoms with Crippen molar-refractivity contribution in [3.8, 4) is 0 Å². The van der Waals surface area contributed by atoms with E-state index in [0.29, 0.717) is 12.4 Å². The van der Waals surface area contributed by atoms with Crippen LogP contribution < -0.4 is 10.6 Å². The Kier molecular flexibility index (Phi) is 4.17. The molecule has 2 heterocycles. The van der Waals surface area contributed by atoms with Crippen molar-refractivity contribution >= 4 is 11.6 Å². The van der Waals surface area contributed by atoms with Gasteiger partial charge in [-0.2, -0.15) is 0 Å². The second-order valence-electron chi connectivity index (χ2n) is 3.87. The summed E-state index contributed by atoms with van der Waals surface area (Å²) in [6.07, 6.45) is 2.63. The van der Waals surface area contributed by atoms with Gasteiger partial charge in [0.05, 0.1) is 12.7 Å². The van der Waals surface area contributed by atoms with E-state index in [2.05, 4.69) is 20.6 Å². The lowest BCUT2D eigenvalue weighted by atomic mass is 10.4. The lowest BCUT2D eigenvalue weighted by molar-refractivity contribution is 0.465. The van der Waals surface area contributed by atoms with Gasteiger partial charge in [-0.15, -0.1) is 0 Å². The number of aryl methyl sites for hydroxylation is 1. The summed E-state index contributed by atoms with van der Waals surface area (Å²) in [6.45, 7) is 5.48. The minimum absolute atomic E-state index is 0.544. The molecular formula is C13H18N4O. The third-order valence-corrected chi connectivity index (χ3v) is 2.48. The molecule has 0 aliphatic carbocycles. The molecule has 5 nitrogen and oxygen atoms in total. The number of rotatable bonds is 6. The van der Waals surface area contributed by atoms with Gasteiger partial charge < -0.3 is 15.1 Å². The van der Waals surface area contributed by atoms with Crippen molar-refractivity contribution in [2.75, 3.05) is 17.2 Å². The van der Waals surface area contributed by atoms with Crippen molar-refractivity contribution in [1.82, 2.24) is 9.97 Å². The topological polar surface area (TPSA) is 63.0 Å². The Morgan fingerprint density at radius 3 is 2.61 bits per heavy atom. The molecule has 96 valence electrons. The molecule has 2 aromatic heterocycles. The molecular weight excluding hydrogens is 228 g/mol. The second-order valence-corrected chi connectivity index (χ2v) is 3.87. The van der Waals surface area contributed by atoms with Crippen molar-refractivity contribution in [2.24, 2.45) is 0 Å². The molecule has 2 aromatic rings.